The lowest BCUT2D eigenvalue weighted by Gasteiger charge is -2.27. The summed E-state index contributed by atoms with van der Waals surface area (Å²) in [4.78, 5) is 2.46. The maximum atomic E-state index is 5.24. The van der Waals surface area contributed by atoms with E-state index in [1.165, 1.54) is 11.3 Å². The monoisotopic (exact) mass is 282 g/mol. The standard InChI is InChI=1S/C18H22N2O/c1-21-17-10-8-16(9-11-17)20-13-5-12-19-18(14-20)15-6-3-2-4-7-15/h2-4,6-11,18-19H,5,12-14H2,1H3. The smallest absolute Gasteiger partial charge is 0.119 e. The summed E-state index contributed by atoms with van der Waals surface area (Å²) in [6, 6.07) is 19.4. The van der Waals surface area contributed by atoms with Crippen LogP contribution >= 0.6 is 0 Å². The second-order valence-corrected chi connectivity index (χ2v) is 5.41. The van der Waals surface area contributed by atoms with Gasteiger partial charge in [-0.15, -0.1) is 0 Å². The van der Waals surface area contributed by atoms with Gasteiger partial charge in [0.2, 0.25) is 0 Å². The van der Waals surface area contributed by atoms with Gasteiger partial charge in [-0.3, -0.25) is 0 Å². The molecule has 0 bridgehead atoms. The molecule has 0 saturated carbocycles. The minimum atomic E-state index is 0.385. The molecule has 1 atom stereocenters. The second kappa shape index (κ2) is 6.64. The molecule has 1 unspecified atom stereocenters. The van der Waals surface area contributed by atoms with Crippen molar-refractivity contribution in [2.75, 3.05) is 31.6 Å². The van der Waals surface area contributed by atoms with Gasteiger partial charge in [-0.25, -0.2) is 0 Å². The summed E-state index contributed by atoms with van der Waals surface area (Å²) >= 11 is 0. The first-order valence-corrected chi connectivity index (χ1v) is 7.54. The Kier molecular flexibility index (Phi) is 4.41. The molecule has 0 aromatic heterocycles. The van der Waals surface area contributed by atoms with E-state index < -0.39 is 0 Å². The fourth-order valence-corrected chi connectivity index (χ4v) is 2.86. The van der Waals surface area contributed by atoms with Gasteiger partial charge in [-0.1, -0.05) is 30.3 Å². The molecule has 2 aromatic carbocycles. The number of nitrogens with one attached hydrogen (secondary N) is 1. The molecule has 1 N–H and O–H groups in total. The molecule has 110 valence electrons. The topological polar surface area (TPSA) is 24.5 Å². The molecule has 3 heteroatoms. The van der Waals surface area contributed by atoms with Crippen LogP contribution in [0.25, 0.3) is 0 Å². The minimum absolute atomic E-state index is 0.385. The number of benzene rings is 2. The van der Waals surface area contributed by atoms with Gasteiger partial charge in [0.1, 0.15) is 5.75 Å². The zero-order chi connectivity index (χ0) is 14.5. The number of hydrogen-bond donors (Lipinski definition) is 1. The highest BCUT2D eigenvalue weighted by Crippen LogP contribution is 2.24. The Hall–Kier alpha value is -2.00. The Labute approximate surface area is 126 Å². The second-order valence-electron chi connectivity index (χ2n) is 5.41. The summed E-state index contributed by atoms with van der Waals surface area (Å²) in [6.45, 7) is 3.14. The fourth-order valence-electron chi connectivity index (χ4n) is 2.86. The molecule has 0 aliphatic carbocycles. The molecule has 1 aliphatic rings. The van der Waals surface area contributed by atoms with E-state index in [4.69, 9.17) is 4.74 Å². The zero-order valence-electron chi connectivity index (χ0n) is 12.5. The summed E-state index contributed by atoms with van der Waals surface area (Å²) in [5.74, 6) is 0.909. The fraction of sp³-hybridized carbons (Fsp3) is 0.333. The molecule has 1 heterocycles. The Morgan fingerprint density at radius 2 is 1.81 bits per heavy atom. The predicted octanol–water partition coefficient (Wildman–Crippen LogP) is 3.24. The van der Waals surface area contributed by atoms with Crippen molar-refractivity contribution in [3.8, 4) is 5.75 Å². The van der Waals surface area contributed by atoms with Crippen LogP contribution in [0.3, 0.4) is 0 Å². The quantitative estimate of drug-likeness (QED) is 0.935. The first-order chi connectivity index (χ1) is 10.4. The van der Waals surface area contributed by atoms with Crippen LogP contribution in [0.2, 0.25) is 0 Å². The van der Waals surface area contributed by atoms with Crippen molar-refractivity contribution in [1.29, 1.82) is 0 Å². The lowest BCUT2D eigenvalue weighted by atomic mass is 10.1. The summed E-state index contributed by atoms with van der Waals surface area (Å²) in [5, 5.41) is 3.65. The molecule has 3 nitrogen and oxygen atoms in total. The van der Waals surface area contributed by atoms with E-state index in [0.717, 1.165) is 31.8 Å². The van der Waals surface area contributed by atoms with Crippen LogP contribution in [0.5, 0.6) is 5.75 Å². The molecule has 1 fully saturated rings. The van der Waals surface area contributed by atoms with Crippen molar-refractivity contribution < 1.29 is 4.74 Å². The molecule has 1 saturated heterocycles. The highest BCUT2D eigenvalue weighted by Gasteiger charge is 2.19. The van der Waals surface area contributed by atoms with Crippen LogP contribution in [0.15, 0.2) is 54.6 Å². The molecule has 1 aliphatic heterocycles. The molecule has 0 amide bonds. The molecule has 0 radical (unpaired) electrons. The van der Waals surface area contributed by atoms with Crippen molar-refractivity contribution in [2.45, 2.75) is 12.5 Å². The van der Waals surface area contributed by atoms with Gasteiger partial charge in [0.15, 0.2) is 0 Å². The van der Waals surface area contributed by atoms with Crippen LogP contribution in [-0.4, -0.2) is 26.7 Å². The Morgan fingerprint density at radius 3 is 2.52 bits per heavy atom. The number of hydrogen-bond acceptors (Lipinski definition) is 3. The number of methoxy groups -OCH3 is 1. The average molecular weight is 282 g/mol. The summed E-state index contributed by atoms with van der Waals surface area (Å²) in [7, 11) is 1.70. The van der Waals surface area contributed by atoms with Crippen molar-refractivity contribution in [1.82, 2.24) is 5.32 Å². The van der Waals surface area contributed by atoms with Gasteiger partial charge in [-0.05, 0) is 42.8 Å². The predicted molar refractivity (Wildman–Crippen MR) is 87.0 cm³/mol. The van der Waals surface area contributed by atoms with Crippen LogP contribution < -0.4 is 15.0 Å². The maximum Gasteiger partial charge on any atom is 0.119 e. The van der Waals surface area contributed by atoms with E-state index in [-0.39, 0.29) is 0 Å². The van der Waals surface area contributed by atoms with Crippen LogP contribution in [0.4, 0.5) is 5.69 Å². The zero-order valence-corrected chi connectivity index (χ0v) is 12.5. The van der Waals surface area contributed by atoms with E-state index in [1.807, 2.05) is 12.1 Å². The van der Waals surface area contributed by atoms with Gasteiger partial charge in [-0.2, -0.15) is 0 Å². The third kappa shape index (κ3) is 3.37. The third-order valence-corrected chi connectivity index (χ3v) is 4.04. The summed E-state index contributed by atoms with van der Waals surface area (Å²) < 4.78 is 5.24. The molecule has 3 rings (SSSR count). The van der Waals surface area contributed by atoms with Crippen LogP contribution in [0.1, 0.15) is 18.0 Å². The maximum absolute atomic E-state index is 5.24. The molecule has 0 spiro atoms. The minimum Gasteiger partial charge on any atom is -0.497 e. The van der Waals surface area contributed by atoms with E-state index in [9.17, 15) is 0 Å². The normalized spacial score (nSPS) is 19.1. The van der Waals surface area contributed by atoms with Gasteiger partial charge in [0.05, 0.1) is 7.11 Å². The molecular weight excluding hydrogens is 260 g/mol. The average Bonchev–Trinajstić information content (AvgIpc) is 2.82. The van der Waals surface area contributed by atoms with E-state index in [0.29, 0.717) is 6.04 Å². The summed E-state index contributed by atoms with van der Waals surface area (Å²) in [5.41, 5.74) is 2.62. The first-order valence-electron chi connectivity index (χ1n) is 7.54. The highest BCUT2D eigenvalue weighted by molar-refractivity contribution is 5.49. The van der Waals surface area contributed by atoms with Crippen LogP contribution in [-0.2, 0) is 0 Å². The number of ether oxygens (including phenoxy) is 1. The van der Waals surface area contributed by atoms with Gasteiger partial charge in [0, 0.05) is 24.8 Å². The Morgan fingerprint density at radius 1 is 1.05 bits per heavy atom. The van der Waals surface area contributed by atoms with Crippen LogP contribution in [0, 0.1) is 0 Å². The van der Waals surface area contributed by atoms with Crippen molar-refractivity contribution in [2.24, 2.45) is 0 Å². The molecular formula is C18H22N2O. The van der Waals surface area contributed by atoms with Gasteiger partial charge in [0.25, 0.3) is 0 Å². The Balaban J connectivity index is 1.78. The first kappa shape index (κ1) is 14.0. The molecule has 2 aromatic rings. The van der Waals surface area contributed by atoms with E-state index in [2.05, 4.69) is 52.7 Å². The van der Waals surface area contributed by atoms with Crippen molar-refractivity contribution in [3.63, 3.8) is 0 Å². The van der Waals surface area contributed by atoms with Crippen molar-refractivity contribution in [3.05, 3.63) is 60.2 Å². The molecule has 21 heavy (non-hydrogen) atoms. The van der Waals surface area contributed by atoms with E-state index in [1.54, 1.807) is 7.11 Å². The number of rotatable bonds is 3. The number of anilines is 1. The lowest BCUT2D eigenvalue weighted by Crippen LogP contribution is -2.31. The van der Waals surface area contributed by atoms with Gasteiger partial charge < -0.3 is 15.0 Å². The lowest BCUT2D eigenvalue weighted by molar-refractivity contribution is 0.415. The third-order valence-electron chi connectivity index (χ3n) is 4.04. The highest BCUT2D eigenvalue weighted by atomic mass is 16.5. The van der Waals surface area contributed by atoms with Crippen molar-refractivity contribution >= 4 is 5.69 Å². The van der Waals surface area contributed by atoms with E-state index >= 15 is 0 Å². The number of nitrogens with zero attached hydrogens (tertiary/aromatic N) is 1. The summed E-state index contributed by atoms with van der Waals surface area (Å²) in [6.07, 6.45) is 1.16. The van der Waals surface area contributed by atoms with Gasteiger partial charge >= 0.3 is 0 Å². The Bertz CT molecular complexity index is 553. The SMILES string of the molecule is COc1ccc(N2CCCNC(c3ccccc3)C2)cc1. The largest absolute Gasteiger partial charge is 0.497 e.